The number of rotatable bonds is 9. The van der Waals surface area contributed by atoms with Crippen LogP contribution in [0.25, 0.3) is 5.57 Å². The van der Waals surface area contributed by atoms with Gasteiger partial charge in [0.1, 0.15) is 0 Å². The minimum absolute atomic E-state index is 0.0226. The number of nitrogens with zero attached hydrogens (tertiary/aromatic N) is 3. The minimum Gasteiger partial charge on any atom is -0.478 e. The van der Waals surface area contributed by atoms with Gasteiger partial charge in [-0.05, 0) is 121 Å². The maximum atomic E-state index is 12.7. The van der Waals surface area contributed by atoms with E-state index < -0.39 is 5.97 Å². The number of benzene rings is 3. The molecule has 2 aliphatic rings. The molecule has 0 unspecified atom stereocenters. The smallest absolute Gasteiger partial charge is 0.335 e. The van der Waals surface area contributed by atoms with Crippen molar-refractivity contribution in [3.63, 3.8) is 0 Å². The average molecular weight is 598 g/mol. The van der Waals surface area contributed by atoms with E-state index in [1.807, 2.05) is 32.0 Å². The van der Waals surface area contributed by atoms with Gasteiger partial charge in [0, 0.05) is 55.2 Å². The molecule has 224 valence electrons. The number of halogens is 1. The summed E-state index contributed by atoms with van der Waals surface area (Å²) in [6.07, 6.45) is 4.13. The zero-order valence-electron chi connectivity index (χ0n) is 25.3. The van der Waals surface area contributed by atoms with Gasteiger partial charge in [0.05, 0.1) is 5.56 Å². The third kappa shape index (κ3) is 6.56. The molecule has 0 saturated carbocycles. The molecule has 43 heavy (non-hydrogen) atoms. The SMILES string of the molecule is C=CC(=O)N(c1ccc2c(c1)CCC(CN1CCN(c3ccc(C(=O)O)cc3)CC1)=C2c1ccc(Cl)cc1CC)C(C)C. The lowest BCUT2D eigenvalue weighted by molar-refractivity contribution is -0.114. The fourth-order valence-electron chi connectivity index (χ4n) is 6.40. The van der Waals surface area contributed by atoms with Gasteiger partial charge in [-0.2, -0.15) is 0 Å². The summed E-state index contributed by atoms with van der Waals surface area (Å²) in [6, 6.07) is 19.9. The van der Waals surface area contributed by atoms with Gasteiger partial charge in [-0.25, -0.2) is 4.79 Å². The number of hydrogen-bond donors (Lipinski definition) is 1. The number of carboxylic acids is 1. The van der Waals surface area contributed by atoms with E-state index in [2.05, 4.69) is 53.6 Å². The number of anilines is 2. The Morgan fingerprint density at radius 2 is 1.67 bits per heavy atom. The monoisotopic (exact) mass is 597 g/mol. The van der Waals surface area contributed by atoms with Crippen LogP contribution in [-0.4, -0.2) is 60.6 Å². The number of amides is 1. The first-order chi connectivity index (χ1) is 20.7. The second-order valence-corrected chi connectivity index (χ2v) is 12.0. The van der Waals surface area contributed by atoms with Crippen molar-refractivity contribution < 1.29 is 14.7 Å². The summed E-state index contributed by atoms with van der Waals surface area (Å²) >= 11 is 6.44. The Morgan fingerprint density at radius 1 is 0.977 bits per heavy atom. The van der Waals surface area contributed by atoms with E-state index in [0.29, 0.717) is 5.56 Å². The molecule has 1 amide bonds. The third-order valence-corrected chi connectivity index (χ3v) is 8.83. The summed E-state index contributed by atoms with van der Waals surface area (Å²) in [7, 11) is 0. The number of carboxylic acid groups (broad SMARTS) is 1. The van der Waals surface area contributed by atoms with Crippen molar-refractivity contribution >= 4 is 40.4 Å². The van der Waals surface area contributed by atoms with Crippen LogP contribution in [0, 0.1) is 0 Å². The normalized spacial score (nSPS) is 15.4. The summed E-state index contributed by atoms with van der Waals surface area (Å²) < 4.78 is 0. The second kappa shape index (κ2) is 13.2. The maximum absolute atomic E-state index is 12.7. The molecule has 0 atom stereocenters. The molecule has 6 nitrogen and oxygen atoms in total. The Balaban J connectivity index is 1.45. The van der Waals surface area contributed by atoms with Gasteiger partial charge in [0.15, 0.2) is 0 Å². The summed E-state index contributed by atoms with van der Waals surface area (Å²) in [5, 5.41) is 9.98. The molecule has 1 saturated heterocycles. The Hall–Kier alpha value is -3.87. The quantitative estimate of drug-likeness (QED) is 0.267. The van der Waals surface area contributed by atoms with E-state index in [9.17, 15) is 14.7 Å². The molecule has 3 aromatic rings. The van der Waals surface area contributed by atoms with Crippen LogP contribution in [0.5, 0.6) is 0 Å². The lowest BCUT2D eigenvalue weighted by Gasteiger charge is -2.38. The molecule has 0 aromatic heterocycles. The highest BCUT2D eigenvalue weighted by Gasteiger charge is 2.27. The molecule has 5 rings (SSSR count). The molecule has 1 aliphatic heterocycles. The van der Waals surface area contributed by atoms with Crippen LogP contribution in [-0.2, 0) is 17.6 Å². The first-order valence-electron chi connectivity index (χ1n) is 15.1. The van der Waals surface area contributed by atoms with E-state index in [0.717, 1.165) is 68.4 Å². The van der Waals surface area contributed by atoms with Crippen molar-refractivity contribution in [3.8, 4) is 0 Å². The highest BCUT2D eigenvalue weighted by molar-refractivity contribution is 6.30. The van der Waals surface area contributed by atoms with Crippen molar-refractivity contribution in [3.05, 3.63) is 112 Å². The van der Waals surface area contributed by atoms with Gasteiger partial charge >= 0.3 is 5.97 Å². The lowest BCUT2D eigenvalue weighted by Crippen LogP contribution is -2.47. The fourth-order valence-corrected chi connectivity index (χ4v) is 6.60. The van der Waals surface area contributed by atoms with Crippen LogP contribution in [0.1, 0.15) is 59.8 Å². The highest BCUT2D eigenvalue weighted by atomic mass is 35.5. The second-order valence-electron chi connectivity index (χ2n) is 11.6. The Kier molecular flexibility index (Phi) is 9.38. The molecular formula is C36H40ClN3O3. The molecule has 0 bridgehead atoms. The molecular weight excluding hydrogens is 558 g/mol. The largest absolute Gasteiger partial charge is 0.478 e. The predicted octanol–water partition coefficient (Wildman–Crippen LogP) is 7.10. The first-order valence-corrected chi connectivity index (χ1v) is 15.5. The topological polar surface area (TPSA) is 64.1 Å². The van der Waals surface area contributed by atoms with Crippen molar-refractivity contribution in [2.24, 2.45) is 0 Å². The van der Waals surface area contributed by atoms with Gasteiger partial charge in [-0.3, -0.25) is 9.69 Å². The van der Waals surface area contributed by atoms with Gasteiger partial charge in [0.2, 0.25) is 0 Å². The number of aromatic carboxylic acids is 1. The molecule has 0 spiro atoms. The number of carbonyl (C=O) groups is 2. The van der Waals surface area contributed by atoms with Crippen LogP contribution in [0.3, 0.4) is 0 Å². The predicted molar refractivity (Wildman–Crippen MR) is 176 cm³/mol. The van der Waals surface area contributed by atoms with Crippen LogP contribution < -0.4 is 9.80 Å². The molecule has 3 aromatic carbocycles. The molecule has 1 aliphatic carbocycles. The number of carbonyl (C=O) groups excluding carboxylic acids is 1. The molecule has 0 radical (unpaired) electrons. The van der Waals surface area contributed by atoms with Crippen molar-refractivity contribution in [1.29, 1.82) is 0 Å². The molecule has 1 fully saturated rings. The van der Waals surface area contributed by atoms with E-state index in [-0.39, 0.29) is 11.9 Å². The first kappa shape index (κ1) is 30.6. The Labute approximate surface area is 259 Å². The van der Waals surface area contributed by atoms with Crippen molar-refractivity contribution in [1.82, 2.24) is 4.90 Å². The standard InChI is InChI=1S/C36H40ClN3O3/c1-5-25-21-29(37)11-15-32(25)35-28(8-7-27-22-31(14-16-33(27)35)40(24(3)4)34(41)6-2)23-38-17-19-39(20-18-38)30-12-9-26(10-13-30)36(42)43/h6,9-16,21-22,24H,2,5,7-8,17-20,23H2,1,3-4H3,(H,42,43). The van der Waals surface area contributed by atoms with Crippen molar-refractivity contribution in [2.45, 2.75) is 46.1 Å². The van der Waals surface area contributed by atoms with Crippen LogP contribution in [0.4, 0.5) is 11.4 Å². The van der Waals surface area contributed by atoms with Gasteiger partial charge in [-0.15, -0.1) is 0 Å². The number of piperazine rings is 1. The highest BCUT2D eigenvalue weighted by Crippen LogP contribution is 2.40. The maximum Gasteiger partial charge on any atom is 0.335 e. The Bertz CT molecular complexity index is 1550. The van der Waals surface area contributed by atoms with Crippen LogP contribution in [0.2, 0.25) is 5.02 Å². The zero-order chi connectivity index (χ0) is 30.7. The van der Waals surface area contributed by atoms with E-state index >= 15 is 0 Å². The molecule has 7 heteroatoms. The van der Waals surface area contributed by atoms with Gasteiger partial charge in [-0.1, -0.05) is 37.2 Å². The van der Waals surface area contributed by atoms with E-state index in [1.165, 1.54) is 39.5 Å². The van der Waals surface area contributed by atoms with Gasteiger partial charge in [0.25, 0.3) is 5.91 Å². The number of hydrogen-bond acceptors (Lipinski definition) is 4. The number of fused-ring (bicyclic) bond motifs is 1. The van der Waals surface area contributed by atoms with Gasteiger partial charge < -0.3 is 14.9 Å². The summed E-state index contributed by atoms with van der Waals surface area (Å²) in [5.41, 5.74) is 9.95. The zero-order valence-corrected chi connectivity index (χ0v) is 26.0. The van der Waals surface area contributed by atoms with Crippen LogP contribution >= 0.6 is 11.6 Å². The summed E-state index contributed by atoms with van der Waals surface area (Å²) in [4.78, 5) is 30.6. The Morgan fingerprint density at radius 3 is 2.30 bits per heavy atom. The summed E-state index contributed by atoms with van der Waals surface area (Å²) in [5.74, 6) is -0.995. The van der Waals surface area contributed by atoms with Crippen LogP contribution in [0.15, 0.2) is 78.9 Å². The summed E-state index contributed by atoms with van der Waals surface area (Å²) in [6.45, 7) is 14.5. The molecule has 1 heterocycles. The number of aryl methyl sites for hydroxylation is 2. The van der Waals surface area contributed by atoms with E-state index in [1.54, 1.807) is 17.0 Å². The van der Waals surface area contributed by atoms with Crippen molar-refractivity contribution in [2.75, 3.05) is 42.5 Å². The minimum atomic E-state index is -0.903. The lowest BCUT2D eigenvalue weighted by atomic mass is 9.80. The fraction of sp³-hybridized carbons (Fsp3) is 0.333. The molecule has 1 N–H and O–H groups in total. The van der Waals surface area contributed by atoms with E-state index in [4.69, 9.17) is 11.6 Å². The average Bonchev–Trinajstić information content (AvgIpc) is 3.01. The third-order valence-electron chi connectivity index (χ3n) is 8.60.